The van der Waals surface area contributed by atoms with Gasteiger partial charge in [0.15, 0.2) is 11.5 Å². The minimum absolute atomic E-state index is 0.0236. The first-order chi connectivity index (χ1) is 17.2. The Hall–Kier alpha value is -3.09. The van der Waals surface area contributed by atoms with Crippen LogP contribution in [0.25, 0.3) is 0 Å². The van der Waals surface area contributed by atoms with Gasteiger partial charge in [-0.3, -0.25) is 0 Å². The Morgan fingerprint density at radius 2 is 0.914 bits per heavy atom. The lowest BCUT2D eigenvalue weighted by atomic mass is 10.0. The van der Waals surface area contributed by atoms with Gasteiger partial charge in [0.05, 0.1) is 6.16 Å². The van der Waals surface area contributed by atoms with E-state index >= 15 is 0 Å². The number of unbranched alkanes of at least 4 members (excludes halogenated alkanes) is 5. The molecule has 0 saturated heterocycles. The first-order valence-electron chi connectivity index (χ1n) is 12.8. The molecule has 2 nitrogen and oxygen atoms in total. The maximum Gasteiger partial charge on any atom is 0.157 e. The zero-order chi connectivity index (χ0) is 24.3. The van der Waals surface area contributed by atoms with Crippen LogP contribution in [0.4, 0.5) is 0 Å². The molecule has 180 valence electrons. The average Bonchev–Trinajstić information content (AvgIpc) is 2.91. The van der Waals surface area contributed by atoms with Gasteiger partial charge in [0.2, 0.25) is 0 Å². The summed E-state index contributed by atoms with van der Waals surface area (Å²) in [5.41, 5.74) is 1.09. The number of phenolic OH excluding ortho intramolecular Hbond substituents is 2. The van der Waals surface area contributed by atoms with E-state index in [1.807, 2.05) is 6.07 Å². The van der Waals surface area contributed by atoms with Crippen LogP contribution >= 0.6 is 7.26 Å². The SMILES string of the molecule is Oc1ccc(CCCCCCCC[P+](c2ccccc2)(c2ccccc2)c2ccccc2)cc1O. The summed E-state index contributed by atoms with van der Waals surface area (Å²) in [7, 11) is -1.71. The number of rotatable bonds is 12. The number of benzene rings is 4. The van der Waals surface area contributed by atoms with Crippen molar-refractivity contribution in [3.8, 4) is 11.5 Å². The van der Waals surface area contributed by atoms with Gasteiger partial charge in [-0.2, -0.15) is 0 Å². The fraction of sp³-hybridized carbons (Fsp3) is 0.250. The molecule has 4 aromatic rings. The minimum atomic E-state index is -1.71. The topological polar surface area (TPSA) is 40.5 Å². The molecule has 0 unspecified atom stereocenters. The minimum Gasteiger partial charge on any atom is -0.504 e. The van der Waals surface area contributed by atoms with Crippen LogP contribution in [0.5, 0.6) is 11.5 Å². The van der Waals surface area contributed by atoms with Crippen molar-refractivity contribution < 1.29 is 10.2 Å². The van der Waals surface area contributed by atoms with Gasteiger partial charge in [-0.15, -0.1) is 0 Å². The van der Waals surface area contributed by atoms with E-state index in [1.165, 1.54) is 54.2 Å². The first-order valence-corrected chi connectivity index (χ1v) is 14.7. The van der Waals surface area contributed by atoms with Crippen molar-refractivity contribution in [2.24, 2.45) is 0 Å². The van der Waals surface area contributed by atoms with E-state index in [9.17, 15) is 10.2 Å². The van der Waals surface area contributed by atoms with Crippen LogP contribution in [-0.2, 0) is 6.42 Å². The van der Waals surface area contributed by atoms with E-state index in [2.05, 4.69) is 91.0 Å². The highest BCUT2D eigenvalue weighted by atomic mass is 31.2. The number of phenols is 2. The summed E-state index contributed by atoms with van der Waals surface area (Å²) < 4.78 is 0. The van der Waals surface area contributed by atoms with Crippen LogP contribution in [0.3, 0.4) is 0 Å². The summed E-state index contributed by atoms with van der Waals surface area (Å²) in [6, 6.07) is 38.6. The molecule has 0 amide bonds. The third kappa shape index (κ3) is 6.32. The Morgan fingerprint density at radius 3 is 1.40 bits per heavy atom. The lowest BCUT2D eigenvalue weighted by Gasteiger charge is -2.27. The molecule has 0 spiro atoms. The zero-order valence-corrected chi connectivity index (χ0v) is 21.3. The average molecular weight is 484 g/mol. The van der Waals surface area contributed by atoms with Crippen molar-refractivity contribution >= 4 is 23.2 Å². The molecule has 0 saturated carbocycles. The fourth-order valence-corrected chi connectivity index (χ4v) is 9.40. The first kappa shape index (κ1) is 25.0. The predicted octanol–water partition coefficient (Wildman–Crippen LogP) is 6.98. The molecule has 0 aliphatic carbocycles. The van der Waals surface area contributed by atoms with Crippen LogP contribution in [-0.4, -0.2) is 16.4 Å². The maximum absolute atomic E-state index is 9.67. The van der Waals surface area contributed by atoms with Crippen LogP contribution in [0.1, 0.15) is 44.1 Å². The Labute approximate surface area is 210 Å². The molecular formula is C32H36O2P+. The number of hydrogen-bond donors (Lipinski definition) is 2. The van der Waals surface area contributed by atoms with E-state index in [4.69, 9.17) is 0 Å². The van der Waals surface area contributed by atoms with E-state index in [0.29, 0.717) is 0 Å². The third-order valence-electron chi connectivity index (χ3n) is 6.84. The van der Waals surface area contributed by atoms with Crippen molar-refractivity contribution in [2.75, 3.05) is 6.16 Å². The molecule has 3 heteroatoms. The monoisotopic (exact) mass is 483 g/mol. The lowest BCUT2D eigenvalue weighted by Crippen LogP contribution is -2.33. The molecule has 0 atom stereocenters. The molecule has 4 aromatic carbocycles. The number of aromatic hydroxyl groups is 2. The van der Waals surface area contributed by atoms with Gasteiger partial charge in [-0.05, 0) is 79.8 Å². The van der Waals surface area contributed by atoms with Gasteiger partial charge in [-0.25, -0.2) is 0 Å². The molecule has 4 rings (SSSR count). The smallest absolute Gasteiger partial charge is 0.157 e. The Morgan fingerprint density at radius 1 is 0.457 bits per heavy atom. The van der Waals surface area contributed by atoms with Gasteiger partial charge in [0, 0.05) is 0 Å². The molecule has 35 heavy (non-hydrogen) atoms. The van der Waals surface area contributed by atoms with Crippen LogP contribution in [0.2, 0.25) is 0 Å². The van der Waals surface area contributed by atoms with E-state index in [0.717, 1.165) is 18.4 Å². The van der Waals surface area contributed by atoms with E-state index in [-0.39, 0.29) is 11.5 Å². The molecule has 0 bridgehead atoms. The molecule has 0 fully saturated rings. The molecule has 0 heterocycles. The summed E-state index contributed by atoms with van der Waals surface area (Å²) in [5.74, 6) is -0.0706. The standard InChI is InChI=1S/C32H35O2P/c33-31-24-23-27(26-32(31)34)16-8-3-1-2-4-15-25-35(28-17-9-5-10-18-28,29-19-11-6-12-20-29)30-21-13-7-14-22-30/h5-7,9-14,17-24,26H,1-4,8,15-16,25H2,(H-,33,34)/p+1. The van der Waals surface area contributed by atoms with Crippen molar-refractivity contribution in [3.63, 3.8) is 0 Å². The summed E-state index contributed by atoms with van der Waals surface area (Å²) in [6.07, 6.45) is 9.39. The fourth-order valence-electron chi connectivity index (χ4n) is 4.99. The lowest BCUT2D eigenvalue weighted by molar-refractivity contribution is 0.403. The summed E-state index contributed by atoms with van der Waals surface area (Å²) in [5, 5.41) is 23.5. The highest BCUT2D eigenvalue weighted by molar-refractivity contribution is 7.95. The van der Waals surface area contributed by atoms with Crippen molar-refractivity contribution in [1.29, 1.82) is 0 Å². The molecule has 0 aromatic heterocycles. The predicted molar refractivity (Wildman–Crippen MR) is 151 cm³/mol. The summed E-state index contributed by atoms with van der Waals surface area (Å²) in [6.45, 7) is 0. The third-order valence-corrected chi connectivity index (χ3v) is 11.4. The quantitative estimate of drug-likeness (QED) is 0.130. The van der Waals surface area contributed by atoms with Crippen LogP contribution in [0, 0.1) is 0 Å². The van der Waals surface area contributed by atoms with Gasteiger partial charge in [0.25, 0.3) is 0 Å². The summed E-state index contributed by atoms with van der Waals surface area (Å²) >= 11 is 0. The van der Waals surface area contributed by atoms with Crippen molar-refractivity contribution in [2.45, 2.75) is 44.9 Å². The number of hydrogen-bond acceptors (Lipinski definition) is 2. The van der Waals surface area contributed by atoms with Crippen LogP contribution in [0.15, 0.2) is 109 Å². The van der Waals surface area contributed by atoms with Crippen molar-refractivity contribution in [1.82, 2.24) is 0 Å². The highest BCUT2D eigenvalue weighted by Crippen LogP contribution is 2.56. The molecular weight excluding hydrogens is 447 g/mol. The van der Waals surface area contributed by atoms with Gasteiger partial charge >= 0.3 is 0 Å². The molecule has 2 N–H and O–H groups in total. The van der Waals surface area contributed by atoms with Crippen LogP contribution < -0.4 is 15.9 Å². The second-order valence-corrected chi connectivity index (χ2v) is 12.9. The molecule has 0 radical (unpaired) electrons. The number of aryl methyl sites for hydroxylation is 1. The van der Waals surface area contributed by atoms with E-state index < -0.39 is 7.26 Å². The Kier molecular flexibility index (Phi) is 8.98. The van der Waals surface area contributed by atoms with Gasteiger partial charge < -0.3 is 10.2 Å². The van der Waals surface area contributed by atoms with E-state index in [1.54, 1.807) is 12.1 Å². The second kappa shape index (κ2) is 12.6. The van der Waals surface area contributed by atoms with Gasteiger partial charge in [0.1, 0.15) is 23.2 Å². The molecule has 0 aliphatic rings. The zero-order valence-electron chi connectivity index (χ0n) is 20.4. The largest absolute Gasteiger partial charge is 0.504 e. The van der Waals surface area contributed by atoms with Crippen molar-refractivity contribution in [3.05, 3.63) is 115 Å². The normalized spacial score (nSPS) is 11.4. The Balaban J connectivity index is 1.38. The Bertz CT molecular complexity index is 1060. The molecule has 0 aliphatic heterocycles. The summed E-state index contributed by atoms with van der Waals surface area (Å²) in [4.78, 5) is 0. The van der Waals surface area contributed by atoms with Gasteiger partial charge in [-0.1, -0.05) is 79.9 Å². The maximum atomic E-state index is 9.67. The highest BCUT2D eigenvalue weighted by Gasteiger charge is 2.44. The second-order valence-electron chi connectivity index (χ2n) is 9.23.